The zero-order valence-electron chi connectivity index (χ0n) is 13.0. The summed E-state index contributed by atoms with van der Waals surface area (Å²) in [6.45, 7) is 11.0. The second-order valence-electron chi connectivity index (χ2n) is 5.57. The van der Waals surface area contributed by atoms with E-state index in [9.17, 15) is 0 Å². The molecule has 0 aromatic heterocycles. The van der Waals surface area contributed by atoms with Crippen LogP contribution in [0.3, 0.4) is 0 Å². The smallest absolute Gasteiger partial charge is 0.336 e. The Bertz CT molecular complexity index is 257. The molecule has 0 spiro atoms. The van der Waals surface area contributed by atoms with Crippen LogP contribution in [-0.2, 0) is 12.7 Å². The predicted molar refractivity (Wildman–Crippen MR) is 113 cm³/mol. The number of thioether (sulfide) groups is 2. The Kier molecular flexibility index (Phi) is 18.1. The first-order valence-electron chi connectivity index (χ1n) is 6.03. The molecular weight excluding hydrogens is 353 g/mol. The van der Waals surface area contributed by atoms with Crippen molar-refractivity contribution in [3.63, 3.8) is 0 Å². The van der Waals surface area contributed by atoms with Crippen molar-refractivity contribution in [2.75, 3.05) is 30.4 Å². The molecule has 0 aliphatic rings. The second-order valence-corrected chi connectivity index (χ2v) is 19.7. The predicted octanol–water partition coefficient (Wildman–Crippen LogP) is 5.36. The molecule has 0 heterocycles. The van der Waals surface area contributed by atoms with Crippen LogP contribution in [0, 0.1) is 0 Å². The van der Waals surface area contributed by atoms with E-state index < -0.39 is 25.4 Å². The highest BCUT2D eigenvalue weighted by Gasteiger charge is 2.42. The first-order valence-corrected chi connectivity index (χ1v) is 17.3. The molecule has 0 saturated carbocycles. The van der Waals surface area contributed by atoms with Crippen LogP contribution >= 0.6 is 23.5 Å². The lowest BCUT2D eigenvalue weighted by Gasteiger charge is -2.38. The summed E-state index contributed by atoms with van der Waals surface area (Å²) in [6.07, 6.45) is 4.23. The molecule has 0 radical (unpaired) electrons. The highest BCUT2D eigenvalue weighted by Crippen LogP contribution is 2.24. The molecule has 8 heteroatoms. The zero-order chi connectivity index (χ0) is 14.4. The fourth-order valence-corrected chi connectivity index (χ4v) is 19.2. The lowest BCUT2D eigenvalue weighted by molar-refractivity contribution is 0.279. The first-order chi connectivity index (χ1) is 8.10. The molecule has 0 bridgehead atoms. The minimum absolute atomic E-state index is 0. The van der Waals surface area contributed by atoms with Crippen molar-refractivity contribution in [3.05, 3.63) is 0 Å². The molecule has 0 rings (SSSR count). The van der Waals surface area contributed by atoms with Crippen LogP contribution in [0.4, 0.5) is 0 Å². The maximum Gasteiger partial charge on any atom is 0.336 e. The SMILES string of the molecule is C.C.C.CO[Si](C)(CSC)O[Si](C)(C)O[Si](C)(C)CSC. The molecule has 0 aromatic rings. The van der Waals surface area contributed by atoms with Gasteiger partial charge < -0.3 is 12.7 Å². The third-order valence-corrected chi connectivity index (χ3v) is 18.2. The Morgan fingerprint density at radius 1 is 0.762 bits per heavy atom. The van der Waals surface area contributed by atoms with E-state index in [2.05, 4.69) is 45.2 Å². The van der Waals surface area contributed by atoms with Crippen molar-refractivity contribution in [3.8, 4) is 0 Å². The topological polar surface area (TPSA) is 27.7 Å². The lowest BCUT2D eigenvalue weighted by atomic mass is 11.8. The summed E-state index contributed by atoms with van der Waals surface area (Å²) < 4.78 is 18.4. The van der Waals surface area contributed by atoms with Gasteiger partial charge >= 0.3 is 17.1 Å². The van der Waals surface area contributed by atoms with E-state index in [1.54, 1.807) is 18.9 Å². The Hall–Kier alpha value is 1.23. The Balaban J connectivity index is -0.000000482. The van der Waals surface area contributed by atoms with Gasteiger partial charge in [0, 0.05) is 17.9 Å². The minimum Gasteiger partial charge on any atom is -0.436 e. The van der Waals surface area contributed by atoms with Crippen molar-refractivity contribution in [1.82, 2.24) is 0 Å². The third kappa shape index (κ3) is 13.4. The molecule has 0 aliphatic carbocycles. The average molecular weight is 393 g/mol. The lowest BCUT2D eigenvalue weighted by Crippen LogP contribution is -2.56. The van der Waals surface area contributed by atoms with E-state index in [4.69, 9.17) is 12.7 Å². The van der Waals surface area contributed by atoms with Crippen molar-refractivity contribution in [2.45, 2.75) is 55.0 Å². The molecule has 0 fully saturated rings. The molecule has 21 heavy (non-hydrogen) atoms. The molecule has 0 amide bonds. The van der Waals surface area contributed by atoms with E-state index in [0.29, 0.717) is 0 Å². The third-order valence-electron chi connectivity index (χ3n) is 2.31. The monoisotopic (exact) mass is 392 g/mol. The molecule has 0 saturated heterocycles. The fraction of sp³-hybridized carbons (Fsp3) is 1.00. The molecule has 0 N–H and O–H groups in total. The van der Waals surface area contributed by atoms with Crippen molar-refractivity contribution < 1.29 is 12.7 Å². The fourth-order valence-electron chi connectivity index (χ4n) is 1.98. The molecule has 134 valence electrons. The van der Waals surface area contributed by atoms with E-state index >= 15 is 0 Å². The molecule has 1 atom stereocenters. The highest BCUT2D eigenvalue weighted by atomic mass is 32.2. The summed E-state index contributed by atoms with van der Waals surface area (Å²) in [7, 11) is -4.02. The molecule has 0 aliphatic heterocycles. The molecule has 1 unspecified atom stereocenters. The Labute approximate surface area is 146 Å². The quantitative estimate of drug-likeness (QED) is 0.492. The molecule has 3 nitrogen and oxygen atoms in total. The van der Waals surface area contributed by atoms with E-state index in [1.807, 2.05) is 11.8 Å². The molecule has 0 aromatic carbocycles. The van der Waals surface area contributed by atoms with E-state index in [0.717, 1.165) is 10.8 Å². The van der Waals surface area contributed by atoms with Gasteiger partial charge in [-0.2, -0.15) is 23.5 Å². The van der Waals surface area contributed by atoms with Crippen molar-refractivity contribution >= 4 is 49.0 Å². The van der Waals surface area contributed by atoms with Gasteiger partial charge in [0.25, 0.3) is 0 Å². The van der Waals surface area contributed by atoms with Gasteiger partial charge in [0.2, 0.25) is 0 Å². The number of hydrogen-bond acceptors (Lipinski definition) is 5. The van der Waals surface area contributed by atoms with Gasteiger partial charge in [0.15, 0.2) is 8.32 Å². The number of hydrogen-bond donors (Lipinski definition) is 0. The van der Waals surface area contributed by atoms with Gasteiger partial charge in [-0.05, 0) is 45.2 Å². The molecular formula is C13H40O3S2Si3. The van der Waals surface area contributed by atoms with Crippen LogP contribution in [0.1, 0.15) is 22.3 Å². The van der Waals surface area contributed by atoms with Crippen LogP contribution < -0.4 is 0 Å². The standard InChI is InChI=1S/C10H28O3S2Si3.3CH4/c1-11-18(8,10-15-3)13-17(6,7)12-16(4,5)9-14-2;;;/h9-10H2,1-8H3;3*1H4. The zero-order valence-corrected chi connectivity index (χ0v) is 17.6. The van der Waals surface area contributed by atoms with Crippen LogP contribution in [0.5, 0.6) is 0 Å². The van der Waals surface area contributed by atoms with Gasteiger partial charge in [-0.3, -0.25) is 0 Å². The first kappa shape index (κ1) is 30.1. The average Bonchev–Trinajstić information content (AvgIpc) is 2.14. The summed E-state index contributed by atoms with van der Waals surface area (Å²) >= 11 is 3.65. The van der Waals surface area contributed by atoms with Crippen molar-refractivity contribution in [1.29, 1.82) is 0 Å². The van der Waals surface area contributed by atoms with Gasteiger partial charge in [-0.15, -0.1) is 0 Å². The summed E-state index contributed by atoms with van der Waals surface area (Å²) in [5.41, 5.74) is 0. The van der Waals surface area contributed by atoms with Gasteiger partial charge in [-0.25, -0.2) is 0 Å². The summed E-state index contributed by atoms with van der Waals surface area (Å²) in [5, 5.41) is 2.06. The summed E-state index contributed by atoms with van der Waals surface area (Å²) in [6, 6.07) is 0. The summed E-state index contributed by atoms with van der Waals surface area (Å²) in [5.74, 6) is 0. The Morgan fingerprint density at radius 2 is 1.19 bits per heavy atom. The van der Waals surface area contributed by atoms with Gasteiger partial charge in [0.1, 0.15) is 0 Å². The number of rotatable bonds is 9. The van der Waals surface area contributed by atoms with Gasteiger partial charge in [-0.1, -0.05) is 22.3 Å². The van der Waals surface area contributed by atoms with Crippen LogP contribution in [-0.4, -0.2) is 55.8 Å². The normalized spacial score (nSPS) is 14.3. The van der Waals surface area contributed by atoms with Crippen molar-refractivity contribution in [2.24, 2.45) is 0 Å². The largest absolute Gasteiger partial charge is 0.436 e. The van der Waals surface area contributed by atoms with Gasteiger partial charge in [0.05, 0.1) is 0 Å². The summed E-state index contributed by atoms with van der Waals surface area (Å²) in [4.78, 5) is 0. The highest BCUT2D eigenvalue weighted by molar-refractivity contribution is 8.00. The maximum atomic E-state index is 6.39. The maximum absolute atomic E-state index is 6.39. The van der Waals surface area contributed by atoms with E-state index in [1.165, 1.54) is 0 Å². The van der Waals surface area contributed by atoms with Crippen LogP contribution in [0.25, 0.3) is 0 Å². The van der Waals surface area contributed by atoms with Crippen LogP contribution in [0.2, 0.25) is 32.7 Å². The van der Waals surface area contributed by atoms with Crippen LogP contribution in [0.15, 0.2) is 0 Å². The van der Waals surface area contributed by atoms with E-state index in [-0.39, 0.29) is 22.3 Å². The minimum atomic E-state index is -2.10. The second kappa shape index (κ2) is 12.6. The Morgan fingerprint density at radius 3 is 1.52 bits per heavy atom.